The van der Waals surface area contributed by atoms with Gasteiger partial charge in [-0.05, 0) is 47.8 Å². The molecule has 2 aromatic carbocycles. The van der Waals surface area contributed by atoms with E-state index in [2.05, 4.69) is 13.8 Å². The average Bonchev–Trinajstić information content (AvgIpc) is 2.92. The standard InChI is InChI=1S/C34H46F2O/c1-3-5-7-9-11-16-23-34(37-25-17-12-10-8-6-4-2)24-22-30(27-33(34)36)29-20-21-31(32(35)26-29)28-18-14-13-15-19-28/h13-15,18-22,24,26-27,33H,3-12,16-17,23,25H2,1-2H3. The van der Waals surface area contributed by atoms with Crippen molar-refractivity contribution in [1.29, 1.82) is 0 Å². The number of ether oxygens (including phenoxy) is 1. The molecule has 0 N–H and O–H groups in total. The van der Waals surface area contributed by atoms with Crippen LogP contribution in [0.5, 0.6) is 0 Å². The summed E-state index contributed by atoms with van der Waals surface area (Å²) in [6.45, 7) is 5.02. The number of alkyl halides is 1. The lowest BCUT2D eigenvalue weighted by Gasteiger charge is -2.36. The van der Waals surface area contributed by atoms with Gasteiger partial charge in [0.2, 0.25) is 0 Å². The van der Waals surface area contributed by atoms with Gasteiger partial charge in [-0.2, -0.15) is 0 Å². The molecule has 0 amide bonds. The molecule has 2 aromatic rings. The molecule has 1 aliphatic carbocycles. The molecule has 1 nitrogen and oxygen atoms in total. The Labute approximate surface area is 224 Å². The molecule has 0 heterocycles. The second-order valence-electron chi connectivity index (χ2n) is 10.5. The third-order valence-corrected chi connectivity index (χ3v) is 7.51. The third kappa shape index (κ3) is 8.92. The molecule has 0 aliphatic heterocycles. The molecule has 0 spiro atoms. The summed E-state index contributed by atoms with van der Waals surface area (Å²) >= 11 is 0. The minimum absolute atomic E-state index is 0.295. The zero-order valence-corrected chi connectivity index (χ0v) is 23.0. The monoisotopic (exact) mass is 508 g/mol. The number of rotatable bonds is 17. The Kier molecular flexibility index (Phi) is 12.6. The van der Waals surface area contributed by atoms with Crippen LogP contribution in [0.3, 0.4) is 0 Å². The number of allylic oxidation sites excluding steroid dienone is 2. The van der Waals surface area contributed by atoms with Gasteiger partial charge >= 0.3 is 0 Å². The summed E-state index contributed by atoms with van der Waals surface area (Å²) in [6, 6.07) is 14.7. The quantitative estimate of drug-likeness (QED) is 0.193. The fourth-order valence-electron chi connectivity index (χ4n) is 5.16. The summed E-state index contributed by atoms with van der Waals surface area (Å²) in [6.07, 6.45) is 19.0. The molecule has 0 bridgehead atoms. The maximum atomic E-state index is 15.8. The van der Waals surface area contributed by atoms with E-state index < -0.39 is 11.8 Å². The van der Waals surface area contributed by atoms with E-state index in [0.717, 1.165) is 31.2 Å². The third-order valence-electron chi connectivity index (χ3n) is 7.51. The summed E-state index contributed by atoms with van der Waals surface area (Å²) in [5.74, 6) is -0.295. The van der Waals surface area contributed by atoms with Crippen molar-refractivity contribution >= 4 is 5.57 Å². The van der Waals surface area contributed by atoms with E-state index in [0.29, 0.717) is 29.7 Å². The van der Waals surface area contributed by atoms with E-state index >= 15 is 4.39 Å². The van der Waals surface area contributed by atoms with Crippen molar-refractivity contribution in [2.24, 2.45) is 0 Å². The molecule has 202 valence electrons. The molecule has 2 atom stereocenters. The van der Waals surface area contributed by atoms with Crippen molar-refractivity contribution in [3.63, 3.8) is 0 Å². The topological polar surface area (TPSA) is 9.23 Å². The molecule has 0 fully saturated rings. The lowest BCUT2D eigenvalue weighted by atomic mass is 9.83. The van der Waals surface area contributed by atoms with Crippen molar-refractivity contribution in [1.82, 2.24) is 0 Å². The Bertz CT molecular complexity index is 981. The van der Waals surface area contributed by atoms with Crippen LogP contribution < -0.4 is 0 Å². The van der Waals surface area contributed by atoms with E-state index in [4.69, 9.17) is 4.74 Å². The van der Waals surface area contributed by atoms with Crippen LogP contribution in [0, 0.1) is 5.82 Å². The second-order valence-corrected chi connectivity index (χ2v) is 10.5. The summed E-state index contributed by atoms with van der Waals surface area (Å²) in [5, 5.41) is 0. The maximum Gasteiger partial charge on any atom is 0.152 e. The minimum atomic E-state index is -1.25. The Morgan fingerprint density at radius 2 is 1.41 bits per heavy atom. The van der Waals surface area contributed by atoms with E-state index in [1.807, 2.05) is 48.6 Å². The zero-order valence-electron chi connectivity index (χ0n) is 23.0. The van der Waals surface area contributed by atoms with Gasteiger partial charge in [0.25, 0.3) is 0 Å². The molecular weight excluding hydrogens is 462 g/mol. The first-order valence-corrected chi connectivity index (χ1v) is 14.6. The van der Waals surface area contributed by atoms with Crippen LogP contribution in [-0.4, -0.2) is 18.4 Å². The number of unbranched alkanes of at least 4 members (excludes halogenated alkanes) is 10. The normalized spacial score (nSPS) is 19.2. The van der Waals surface area contributed by atoms with Crippen LogP contribution in [0.4, 0.5) is 8.78 Å². The molecular formula is C34H46F2O. The summed E-state index contributed by atoms with van der Waals surface area (Å²) in [5.41, 5.74) is 1.89. The molecule has 2 unspecified atom stereocenters. The van der Waals surface area contributed by atoms with Gasteiger partial charge in [-0.25, -0.2) is 8.78 Å². The van der Waals surface area contributed by atoms with Crippen LogP contribution in [0.15, 0.2) is 66.8 Å². The predicted octanol–water partition coefficient (Wildman–Crippen LogP) is 10.7. The van der Waals surface area contributed by atoms with E-state index in [1.54, 1.807) is 12.1 Å². The van der Waals surface area contributed by atoms with Crippen LogP contribution in [-0.2, 0) is 4.74 Å². The van der Waals surface area contributed by atoms with Gasteiger partial charge in [0.15, 0.2) is 6.17 Å². The fraction of sp³-hybridized carbons (Fsp3) is 0.529. The molecule has 3 heteroatoms. The largest absolute Gasteiger partial charge is 0.368 e. The molecule has 0 saturated carbocycles. The van der Waals surface area contributed by atoms with Gasteiger partial charge in [0, 0.05) is 12.2 Å². The Morgan fingerprint density at radius 1 is 0.757 bits per heavy atom. The van der Waals surface area contributed by atoms with Gasteiger partial charge in [0.1, 0.15) is 11.4 Å². The first-order valence-electron chi connectivity index (χ1n) is 14.6. The SMILES string of the molecule is CCCCCCCCOC1(CCCCCCCC)C=CC(c2ccc(-c3ccccc3)c(F)c2)=CC1F. The van der Waals surface area contributed by atoms with Crippen molar-refractivity contribution < 1.29 is 13.5 Å². The molecule has 3 rings (SSSR count). The summed E-state index contributed by atoms with van der Waals surface area (Å²) in [7, 11) is 0. The maximum absolute atomic E-state index is 15.8. The first kappa shape index (κ1) is 29.3. The Hall–Kier alpha value is -2.26. The van der Waals surface area contributed by atoms with Gasteiger partial charge < -0.3 is 4.74 Å². The van der Waals surface area contributed by atoms with Gasteiger partial charge in [-0.15, -0.1) is 0 Å². The lowest BCUT2D eigenvalue weighted by molar-refractivity contribution is -0.0566. The van der Waals surface area contributed by atoms with Gasteiger partial charge in [0.05, 0.1) is 0 Å². The second kappa shape index (κ2) is 15.9. The smallest absolute Gasteiger partial charge is 0.152 e. The van der Waals surface area contributed by atoms with Crippen LogP contribution in [0.25, 0.3) is 16.7 Å². The van der Waals surface area contributed by atoms with Crippen molar-refractivity contribution in [3.8, 4) is 11.1 Å². The highest BCUT2D eigenvalue weighted by atomic mass is 19.1. The first-order chi connectivity index (χ1) is 18.1. The van der Waals surface area contributed by atoms with Crippen LogP contribution in [0.1, 0.15) is 103 Å². The minimum Gasteiger partial charge on any atom is -0.368 e. The number of halogens is 2. The Balaban J connectivity index is 1.66. The van der Waals surface area contributed by atoms with Crippen molar-refractivity contribution in [3.05, 3.63) is 78.1 Å². The molecule has 0 saturated heterocycles. The molecule has 37 heavy (non-hydrogen) atoms. The van der Waals surface area contributed by atoms with E-state index in [1.165, 1.54) is 57.4 Å². The highest BCUT2D eigenvalue weighted by Crippen LogP contribution is 2.37. The summed E-state index contributed by atoms with van der Waals surface area (Å²) < 4.78 is 37.1. The lowest BCUT2D eigenvalue weighted by Crippen LogP contribution is -2.41. The molecule has 1 aliphatic rings. The van der Waals surface area contributed by atoms with Crippen LogP contribution >= 0.6 is 0 Å². The van der Waals surface area contributed by atoms with Gasteiger partial charge in [-0.1, -0.05) is 133 Å². The highest BCUT2D eigenvalue weighted by molar-refractivity contribution is 5.78. The van der Waals surface area contributed by atoms with E-state index in [9.17, 15) is 4.39 Å². The zero-order chi connectivity index (χ0) is 26.3. The number of hydrogen-bond donors (Lipinski definition) is 0. The van der Waals surface area contributed by atoms with Gasteiger partial charge in [-0.3, -0.25) is 0 Å². The number of benzene rings is 2. The van der Waals surface area contributed by atoms with Crippen LogP contribution in [0.2, 0.25) is 0 Å². The summed E-state index contributed by atoms with van der Waals surface area (Å²) in [4.78, 5) is 0. The highest BCUT2D eigenvalue weighted by Gasteiger charge is 2.38. The number of hydrogen-bond acceptors (Lipinski definition) is 1. The molecule has 0 aromatic heterocycles. The van der Waals surface area contributed by atoms with E-state index in [-0.39, 0.29) is 5.82 Å². The fourth-order valence-corrected chi connectivity index (χ4v) is 5.16. The van der Waals surface area contributed by atoms with Crippen molar-refractivity contribution in [2.75, 3.05) is 6.61 Å². The van der Waals surface area contributed by atoms with Crippen molar-refractivity contribution in [2.45, 2.75) is 109 Å². The predicted molar refractivity (Wildman–Crippen MR) is 154 cm³/mol. The Morgan fingerprint density at radius 3 is 2.05 bits per heavy atom. The average molecular weight is 509 g/mol. The molecule has 0 radical (unpaired) electrons.